The predicted octanol–water partition coefficient (Wildman–Crippen LogP) is 4.54. The van der Waals surface area contributed by atoms with Gasteiger partial charge in [0.1, 0.15) is 17.0 Å². The number of carbonyl (C=O) groups is 3. The molecule has 0 saturated heterocycles. The second-order valence-corrected chi connectivity index (χ2v) is 10.1. The van der Waals surface area contributed by atoms with Crippen LogP contribution in [0.15, 0.2) is 18.2 Å². The van der Waals surface area contributed by atoms with Crippen molar-refractivity contribution in [2.75, 3.05) is 30.5 Å². The van der Waals surface area contributed by atoms with Gasteiger partial charge in [-0.25, -0.2) is 4.79 Å². The van der Waals surface area contributed by atoms with Gasteiger partial charge in [0, 0.05) is 26.2 Å². The first-order chi connectivity index (χ1) is 14.7. The van der Waals surface area contributed by atoms with E-state index in [1.54, 1.807) is 58.0 Å². The Morgan fingerprint density at radius 3 is 2.34 bits per heavy atom. The topological polar surface area (TPSA) is 85.4 Å². The van der Waals surface area contributed by atoms with Gasteiger partial charge in [0.2, 0.25) is 5.91 Å². The second-order valence-electron chi connectivity index (χ2n) is 10.1. The maximum atomic E-state index is 13.0. The van der Waals surface area contributed by atoms with Crippen LogP contribution in [0.25, 0.3) is 0 Å². The summed E-state index contributed by atoms with van der Waals surface area (Å²) in [5, 5.41) is 0. The number of nitrogens with zero attached hydrogens (tertiary/aromatic N) is 2. The number of esters is 1. The molecule has 0 radical (unpaired) electrons. The summed E-state index contributed by atoms with van der Waals surface area (Å²) < 4.78 is 16.6. The van der Waals surface area contributed by atoms with Crippen LogP contribution in [0.3, 0.4) is 0 Å². The first-order valence-electron chi connectivity index (χ1n) is 10.9. The number of rotatable bonds is 5. The van der Waals surface area contributed by atoms with Crippen molar-refractivity contribution in [1.82, 2.24) is 0 Å². The third kappa shape index (κ3) is 7.14. The number of benzene rings is 1. The van der Waals surface area contributed by atoms with Gasteiger partial charge in [-0.3, -0.25) is 14.5 Å². The lowest BCUT2D eigenvalue weighted by atomic mass is 10.0. The minimum Gasteiger partial charge on any atom is -0.491 e. The Morgan fingerprint density at radius 2 is 1.75 bits per heavy atom. The second kappa shape index (κ2) is 9.79. The number of carbonyl (C=O) groups excluding carboxylic acids is 3. The minimum absolute atomic E-state index is 0.0926. The molecule has 0 bridgehead atoms. The average molecular weight is 449 g/mol. The Balaban J connectivity index is 2.07. The lowest BCUT2D eigenvalue weighted by Gasteiger charge is -2.26. The summed E-state index contributed by atoms with van der Waals surface area (Å²) in [6, 6.07) is 5.24. The van der Waals surface area contributed by atoms with Crippen molar-refractivity contribution in [3.63, 3.8) is 0 Å². The molecule has 8 nitrogen and oxygen atoms in total. The van der Waals surface area contributed by atoms with Crippen molar-refractivity contribution >= 4 is 29.3 Å². The summed E-state index contributed by atoms with van der Waals surface area (Å²) in [7, 11) is 3.31. The third-order valence-corrected chi connectivity index (χ3v) is 4.83. The van der Waals surface area contributed by atoms with Crippen molar-refractivity contribution in [3.8, 4) is 5.75 Å². The van der Waals surface area contributed by atoms with Crippen molar-refractivity contribution in [3.05, 3.63) is 18.2 Å². The maximum Gasteiger partial charge on any atom is 0.414 e. The largest absolute Gasteiger partial charge is 0.491 e. The third-order valence-electron chi connectivity index (χ3n) is 4.83. The van der Waals surface area contributed by atoms with E-state index in [-0.39, 0.29) is 30.8 Å². The Labute approximate surface area is 190 Å². The molecule has 1 aromatic carbocycles. The first kappa shape index (κ1) is 25.5. The summed E-state index contributed by atoms with van der Waals surface area (Å²) in [5.74, 6) is -0.172. The first-order valence-corrected chi connectivity index (χ1v) is 10.9. The summed E-state index contributed by atoms with van der Waals surface area (Å²) >= 11 is 0. The normalized spacial score (nSPS) is 16.6. The van der Waals surface area contributed by atoms with Gasteiger partial charge in [0.25, 0.3) is 0 Å². The number of ether oxygens (including phenoxy) is 3. The molecule has 0 N–H and O–H groups in total. The Morgan fingerprint density at radius 1 is 1.12 bits per heavy atom. The van der Waals surface area contributed by atoms with Crippen LogP contribution in [-0.4, -0.2) is 49.9 Å². The standard InChI is InChI=1S/C24H36N2O6/c1-23(2,3)31-20(27)11-9-10-16-15-30-19-13-12-17(14-18(19)26(8)21(16)28)25(7)22(29)32-24(4,5)6/h12-14,16H,9-11,15H2,1-8H3. The molecule has 0 aromatic heterocycles. The SMILES string of the molecule is CN(C(=O)OC(C)(C)C)c1ccc2c(c1)N(C)C(=O)C(CCCC(=O)OC(C)(C)C)CO2. The van der Waals surface area contributed by atoms with Crippen molar-refractivity contribution in [1.29, 1.82) is 0 Å². The minimum atomic E-state index is -0.612. The Hall–Kier alpha value is -2.77. The molecule has 178 valence electrons. The fourth-order valence-corrected chi connectivity index (χ4v) is 3.28. The monoisotopic (exact) mass is 448 g/mol. The van der Waals surface area contributed by atoms with E-state index in [1.807, 2.05) is 20.8 Å². The number of anilines is 2. The molecular weight excluding hydrogens is 412 g/mol. The molecule has 1 aromatic rings. The van der Waals surface area contributed by atoms with Crippen molar-refractivity contribution in [2.24, 2.45) is 5.92 Å². The highest BCUT2D eigenvalue weighted by molar-refractivity contribution is 5.98. The smallest absolute Gasteiger partial charge is 0.414 e. The van der Waals surface area contributed by atoms with E-state index in [2.05, 4.69) is 0 Å². The van der Waals surface area contributed by atoms with Crippen molar-refractivity contribution in [2.45, 2.75) is 72.0 Å². The average Bonchev–Trinajstić information content (AvgIpc) is 2.76. The number of hydrogen-bond acceptors (Lipinski definition) is 6. The van der Waals surface area contributed by atoms with E-state index in [0.717, 1.165) is 0 Å². The molecule has 1 aliphatic heterocycles. The zero-order valence-electron chi connectivity index (χ0n) is 20.5. The molecule has 1 heterocycles. The predicted molar refractivity (Wildman–Crippen MR) is 123 cm³/mol. The van der Waals surface area contributed by atoms with Crippen LogP contribution in [0.4, 0.5) is 16.2 Å². The molecule has 0 fully saturated rings. The molecule has 1 aliphatic rings. The van der Waals surface area contributed by atoms with E-state index in [9.17, 15) is 14.4 Å². The molecular formula is C24H36N2O6. The zero-order valence-corrected chi connectivity index (χ0v) is 20.5. The zero-order chi connectivity index (χ0) is 24.3. The van der Waals surface area contributed by atoms with Crippen LogP contribution in [-0.2, 0) is 19.1 Å². The van der Waals surface area contributed by atoms with E-state index in [1.165, 1.54) is 4.90 Å². The van der Waals surface area contributed by atoms with Crippen LogP contribution < -0.4 is 14.5 Å². The molecule has 8 heteroatoms. The van der Waals surface area contributed by atoms with E-state index in [0.29, 0.717) is 30.0 Å². The number of amides is 2. The van der Waals surface area contributed by atoms with Crippen LogP contribution in [0.1, 0.15) is 60.8 Å². The van der Waals surface area contributed by atoms with E-state index < -0.39 is 17.3 Å². The molecule has 0 spiro atoms. The molecule has 2 rings (SSSR count). The van der Waals surface area contributed by atoms with E-state index in [4.69, 9.17) is 14.2 Å². The summed E-state index contributed by atoms with van der Waals surface area (Å²) in [6.07, 6.45) is 0.816. The highest BCUT2D eigenvalue weighted by Gasteiger charge is 2.30. The molecule has 32 heavy (non-hydrogen) atoms. The summed E-state index contributed by atoms with van der Waals surface area (Å²) in [5.41, 5.74) is 0.0336. The van der Waals surface area contributed by atoms with Crippen LogP contribution in [0.5, 0.6) is 5.75 Å². The van der Waals surface area contributed by atoms with Gasteiger partial charge in [-0.1, -0.05) is 0 Å². The number of hydrogen-bond donors (Lipinski definition) is 0. The Bertz CT molecular complexity index is 853. The van der Waals surface area contributed by atoms with Gasteiger partial charge < -0.3 is 19.1 Å². The highest BCUT2D eigenvalue weighted by atomic mass is 16.6. The quantitative estimate of drug-likeness (QED) is 0.615. The fourth-order valence-electron chi connectivity index (χ4n) is 3.28. The van der Waals surface area contributed by atoms with Gasteiger partial charge >= 0.3 is 12.1 Å². The molecule has 1 unspecified atom stereocenters. The lowest BCUT2D eigenvalue weighted by Crippen LogP contribution is -2.35. The van der Waals surface area contributed by atoms with Crippen LogP contribution in [0, 0.1) is 5.92 Å². The maximum absolute atomic E-state index is 13.0. The van der Waals surface area contributed by atoms with Gasteiger partial charge in [-0.2, -0.15) is 0 Å². The van der Waals surface area contributed by atoms with Gasteiger partial charge in [0.05, 0.1) is 18.2 Å². The number of fused-ring (bicyclic) bond motifs is 1. The van der Waals surface area contributed by atoms with E-state index >= 15 is 0 Å². The van der Waals surface area contributed by atoms with Gasteiger partial charge in [-0.15, -0.1) is 0 Å². The molecule has 1 atom stereocenters. The Kier molecular flexibility index (Phi) is 7.80. The fraction of sp³-hybridized carbons (Fsp3) is 0.625. The molecule has 0 saturated carbocycles. The van der Waals surface area contributed by atoms with Crippen molar-refractivity contribution < 1.29 is 28.6 Å². The lowest BCUT2D eigenvalue weighted by molar-refractivity contribution is -0.155. The molecule has 2 amide bonds. The van der Waals surface area contributed by atoms with Gasteiger partial charge in [0.15, 0.2) is 0 Å². The summed E-state index contributed by atoms with van der Waals surface area (Å²) in [6.45, 7) is 11.1. The molecule has 0 aliphatic carbocycles. The summed E-state index contributed by atoms with van der Waals surface area (Å²) in [4.78, 5) is 40.3. The highest BCUT2D eigenvalue weighted by Crippen LogP contribution is 2.36. The van der Waals surface area contributed by atoms with Crippen LogP contribution >= 0.6 is 0 Å². The van der Waals surface area contributed by atoms with Gasteiger partial charge in [-0.05, 0) is 72.6 Å². The van der Waals surface area contributed by atoms with Crippen LogP contribution in [0.2, 0.25) is 0 Å².